The van der Waals surface area contributed by atoms with Gasteiger partial charge in [-0.2, -0.15) is 9.61 Å². The van der Waals surface area contributed by atoms with E-state index in [0.29, 0.717) is 23.7 Å². The second kappa shape index (κ2) is 6.10. The third-order valence-corrected chi connectivity index (χ3v) is 3.54. The maximum absolute atomic E-state index is 11.8. The predicted molar refractivity (Wildman–Crippen MR) is 74.6 cm³/mol. The number of aromatic nitrogens is 3. The third kappa shape index (κ3) is 3.20. The Morgan fingerprint density at radius 3 is 3.05 bits per heavy atom. The van der Waals surface area contributed by atoms with E-state index in [1.165, 1.54) is 29.0 Å². The van der Waals surface area contributed by atoms with Crippen molar-refractivity contribution in [2.75, 3.05) is 20.7 Å². The lowest BCUT2D eigenvalue weighted by Gasteiger charge is -2.19. The molecule has 7 nitrogen and oxygen atoms in total. The molecule has 0 saturated heterocycles. The van der Waals surface area contributed by atoms with Crippen molar-refractivity contribution in [2.45, 2.75) is 13.5 Å². The minimum absolute atomic E-state index is 0.194. The molecule has 2 aromatic rings. The van der Waals surface area contributed by atoms with Crippen LogP contribution in [0.25, 0.3) is 4.96 Å². The number of hydrogen-bond donors (Lipinski definition) is 0. The van der Waals surface area contributed by atoms with Crippen molar-refractivity contribution >= 4 is 22.3 Å². The molecule has 8 heteroatoms. The molecule has 0 aliphatic heterocycles. The van der Waals surface area contributed by atoms with Crippen LogP contribution in [-0.2, 0) is 16.1 Å². The van der Waals surface area contributed by atoms with E-state index < -0.39 is 0 Å². The van der Waals surface area contributed by atoms with Gasteiger partial charge in [-0.15, -0.1) is 0 Å². The van der Waals surface area contributed by atoms with Gasteiger partial charge in [-0.1, -0.05) is 18.3 Å². The summed E-state index contributed by atoms with van der Waals surface area (Å²) in [6.07, 6.45) is 0. The molecule has 2 aromatic heterocycles. The van der Waals surface area contributed by atoms with Crippen LogP contribution in [0, 0.1) is 5.92 Å². The second-order valence-corrected chi connectivity index (χ2v) is 5.45. The fourth-order valence-corrected chi connectivity index (χ4v) is 2.61. The summed E-state index contributed by atoms with van der Waals surface area (Å²) < 4.78 is 5.96. The standard InChI is InChI=1S/C12H16N4O3S/c1-8(11(18)19-3)5-15(2)6-9-4-10(17)16-12(14-9)20-7-13-16/h4,7-8H,5-6H2,1-3H3. The number of carbonyl (C=O) groups excluding carboxylic acids is 1. The topological polar surface area (TPSA) is 76.8 Å². The monoisotopic (exact) mass is 296 g/mol. The number of rotatable bonds is 5. The van der Waals surface area contributed by atoms with Crippen molar-refractivity contribution < 1.29 is 9.53 Å². The molecule has 0 amide bonds. The molecule has 0 aliphatic rings. The lowest BCUT2D eigenvalue weighted by molar-refractivity contribution is -0.145. The predicted octanol–water partition coefficient (Wildman–Crippen LogP) is 0.392. The van der Waals surface area contributed by atoms with Crippen LogP contribution < -0.4 is 5.56 Å². The number of carbonyl (C=O) groups is 1. The molecule has 2 heterocycles. The highest BCUT2D eigenvalue weighted by Crippen LogP contribution is 2.07. The molecule has 0 fully saturated rings. The number of esters is 1. The first-order chi connectivity index (χ1) is 9.51. The first kappa shape index (κ1) is 14.6. The van der Waals surface area contributed by atoms with Crippen LogP contribution >= 0.6 is 11.3 Å². The molecular formula is C12H16N4O3S. The molecule has 0 N–H and O–H groups in total. The van der Waals surface area contributed by atoms with Gasteiger partial charge < -0.3 is 4.74 Å². The second-order valence-electron chi connectivity index (χ2n) is 4.64. The van der Waals surface area contributed by atoms with Gasteiger partial charge in [0, 0.05) is 19.2 Å². The van der Waals surface area contributed by atoms with E-state index in [1.807, 2.05) is 11.9 Å². The van der Waals surface area contributed by atoms with Crippen molar-refractivity contribution in [1.29, 1.82) is 0 Å². The van der Waals surface area contributed by atoms with Crippen molar-refractivity contribution in [3.8, 4) is 0 Å². The summed E-state index contributed by atoms with van der Waals surface area (Å²) in [7, 11) is 3.24. The molecule has 1 unspecified atom stereocenters. The molecule has 20 heavy (non-hydrogen) atoms. The van der Waals surface area contributed by atoms with Crippen molar-refractivity contribution in [3.63, 3.8) is 0 Å². The maximum atomic E-state index is 11.8. The molecule has 1 atom stereocenters. The van der Waals surface area contributed by atoms with Crippen LogP contribution in [0.5, 0.6) is 0 Å². The van der Waals surface area contributed by atoms with E-state index >= 15 is 0 Å². The molecule has 0 bridgehead atoms. The fourth-order valence-electron chi connectivity index (χ4n) is 1.97. The van der Waals surface area contributed by atoms with Gasteiger partial charge in [-0.25, -0.2) is 4.98 Å². The van der Waals surface area contributed by atoms with Crippen LogP contribution in [-0.4, -0.2) is 46.2 Å². The first-order valence-electron chi connectivity index (χ1n) is 6.10. The summed E-state index contributed by atoms with van der Waals surface area (Å²) in [5.74, 6) is -0.471. The Bertz CT molecular complexity index is 666. The molecular weight excluding hydrogens is 280 g/mol. The fraction of sp³-hybridized carbons (Fsp3) is 0.500. The minimum Gasteiger partial charge on any atom is -0.469 e. The van der Waals surface area contributed by atoms with Gasteiger partial charge in [0.05, 0.1) is 18.7 Å². The lowest BCUT2D eigenvalue weighted by atomic mass is 10.1. The van der Waals surface area contributed by atoms with Gasteiger partial charge >= 0.3 is 5.97 Å². The summed E-state index contributed by atoms with van der Waals surface area (Å²) in [5.41, 5.74) is 2.05. The Kier molecular flexibility index (Phi) is 4.46. The van der Waals surface area contributed by atoms with E-state index in [0.717, 1.165) is 0 Å². The van der Waals surface area contributed by atoms with Crippen LogP contribution in [0.2, 0.25) is 0 Å². The number of ether oxygens (including phenoxy) is 1. The van der Waals surface area contributed by atoms with E-state index in [2.05, 4.69) is 14.8 Å². The van der Waals surface area contributed by atoms with Crippen molar-refractivity contribution in [3.05, 3.63) is 27.6 Å². The number of fused-ring (bicyclic) bond motifs is 1. The van der Waals surface area contributed by atoms with Gasteiger partial charge in [-0.3, -0.25) is 14.5 Å². The van der Waals surface area contributed by atoms with Gasteiger partial charge in [0.1, 0.15) is 5.51 Å². The minimum atomic E-state index is -0.247. The SMILES string of the molecule is COC(=O)C(C)CN(C)Cc1cc(=O)n2ncsc2n1. The highest BCUT2D eigenvalue weighted by molar-refractivity contribution is 7.14. The van der Waals surface area contributed by atoms with Crippen molar-refractivity contribution in [2.24, 2.45) is 5.92 Å². The molecule has 0 spiro atoms. The van der Waals surface area contributed by atoms with Crippen LogP contribution in [0.3, 0.4) is 0 Å². The Labute approximate surface area is 119 Å². The number of nitrogens with zero attached hydrogens (tertiary/aromatic N) is 4. The van der Waals surface area contributed by atoms with Crippen LogP contribution in [0.15, 0.2) is 16.4 Å². The Balaban J connectivity index is 2.08. The molecule has 0 radical (unpaired) electrons. The molecule has 0 aliphatic carbocycles. The van der Waals surface area contributed by atoms with Crippen LogP contribution in [0.4, 0.5) is 0 Å². The van der Waals surface area contributed by atoms with Gasteiger partial charge in [0.2, 0.25) is 4.96 Å². The summed E-state index contributed by atoms with van der Waals surface area (Å²) in [6, 6.07) is 1.46. The Hall–Kier alpha value is -1.80. The van der Waals surface area contributed by atoms with E-state index in [9.17, 15) is 9.59 Å². The largest absolute Gasteiger partial charge is 0.469 e. The molecule has 2 rings (SSSR count). The average Bonchev–Trinajstić information content (AvgIpc) is 2.86. The van der Waals surface area contributed by atoms with Crippen molar-refractivity contribution in [1.82, 2.24) is 19.5 Å². The molecule has 0 aromatic carbocycles. The summed E-state index contributed by atoms with van der Waals surface area (Å²) in [6.45, 7) is 2.83. The van der Waals surface area contributed by atoms with E-state index in [4.69, 9.17) is 0 Å². The normalized spacial score (nSPS) is 12.8. The summed E-state index contributed by atoms with van der Waals surface area (Å²) in [4.78, 5) is 30.0. The molecule has 108 valence electrons. The zero-order valence-corrected chi connectivity index (χ0v) is 12.4. The maximum Gasteiger partial charge on any atom is 0.309 e. The van der Waals surface area contributed by atoms with Crippen LogP contribution in [0.1, 0.15) is 12.6 Å². The lowest BCUT2D eigenvalue weighted by Crippen LogP contribution is -2.30. The third-order valence-electron chi connectivity index (χ3n) is 2.86. The summed E-state index contributed by atoms with van der Waals surface area (Å²) >= 11 is 1.31. The highest BCUT2D eigenvalue weighted by Gasteiger charge is 2.16. The van der Waals surface area contributed by atoms with E-state index in [-0.39, 0.29) is 17.4 Å². The average molecular weight is 296 g/mol. The number of hydrogen-bond acceptors (Lipinski definition) is 7. The Morgan fingerprint density at radius 1 is 1.60 bits per heavy atom. The van der Waals surface area contributed by atoms with Gasteiger partial charge in [-0.05, 0) is 7.05 Å². The smallest absolute Gasteiger partial charge is 0.309 e. The first-order valence-corrected chi connectivity index (χ1v) is 6.98. The highest BCUT2D eigenvalue weighted by atomic mass is 32.1. The Morgan fingerprint density at radius 2 is 2.35 bits per heavy atom. The quantitative estimate of drug-likeness (QED) is 0.743. The van der Waals surface area contributed by atoms with Gasteiger partial charge in [0.25, 0.3) is 5.56 Å². The van der Waals surface area contributed by atoms with E-state index in [1.54, 1.807) is 12.4 Å². The summed E-state index contributed by atoms with van der Waals surface area (Å²) in [5, 5.41) is 3.91. The number of methoxy groups -OCH3 is 1. The van der Waals surface area contributed by atoms with Gasteiger partial charge in [0.15, 0.2) is 0 Å². The zero-order valence-electron chi connectivity index (χ0n) is 11.6. The zero-order chi connectivity index (χ0) is 14.7. The molecule has 0 saturated carbocycles.